The van der Waals surface area contributed by atoms with Gasteiger partial charge >= 0.3 is 0 Å². The third-order valence-electron chi connectivity index (χ3n) is 3.60. The predicted octanol–water partition coefficient (Wildman–Crippen LogP) is 2.14. The standard InChI is InChI=1S/C16H18N4O5S/c1-17-14-8-7-11(9-15(14)20(22)23)16(21)18-12-5-4-6-13(10-12)26(24,25)19(2)3/h4-10,17H,1-3H3,(H,18,21). The summed E-state index contributed by atoms with van der Waals surface area (Å²) in [6, 6.07) is 9.79. The number of carbonyl (C=O) groups is 1. The van der Waals surface area contributed by atoms with E-state index in [1.54, 1.807) is 7.05 Å². The number of rotatable bonds is 6. The van der Waals surface area contributed by atoms with Crippen molar-refractivity contribution in [2.45, 2.75) is 4.90 Å². The minimum Gasteiger partial charge on any atom is -0.383 e. The van der Waals surface area contributed by atoms with E-state index < -0.39 is 20.9 Å². The highest BCUT2D eigenvalue weighted by Gasteiger charge is 2.19. The van der Waals surface area contributed by atoms with Gasteiger partial charge in [0.25, 0.3) is 11.6 Å². The molecule has 0 saturated carbocycles. The molecule has 0 saturated heterocycles. The molecule has 138 valence electrons. The van der Waals surface area contributed by atoms with E-state index in [1.807, 2.05) is 0 Å². The SMILES string of the molecule is CNc1ccc(C(=O)Nc2cccc(S(=O)(=O)N(C)C)c2)cc1[N+](=O)[O-]. The van der Waals surface area contributed by atoms with Gasteiger partial charge in [0.1, 0.15) is 5.69 Å². The number of amides is 1. The Hall–Kier alpha value is -2.98. The van der Waals surface area contributed by atoms with Gasteiger partial charge in [-0.2, -0.15) is 0 Å². The molecule has 1 amide bonds. The van der Waals surface area contributed by atoms with E-state index in [4.69, 9.17) is 0 Å². The van der Waals surface area contributed by atoms with Gasteiger partial charge in [-0.05, 0) is 30.3 Å². The fraction of sp³-hybridized carbons (Fsp3) is 0.188. The Morgan fingerprint density at radius 1 is 1.15 bits per heavy atom. The molecule has 0 aliphatic rings. The fourth-order valence-corrected chi connectivity index (χ4v) is 3.13. The molecule has 0 aliphatic heterocycles. The largest absolute Gasteiger partial charge is 0.383 e. The van der Waals surface area contributed by atoms with Crippen LogP contribution in [-0.2, 0) is 10.0 Å². The van der Waals surface area contributed by atoms with Crippen molar-refractivity contribution in [2.24, 2.45) is 0 Å². The van der Waals surface area contributed by atoms with E-state index in [0.29, 0.717) is 0 Å². The lowest BCUT2D eigenvalue weighted by atomic mass is 10.1. The molecule has 0 fully saturated rings. The monoisotopic (exact) mass is 378 g/mol. The van der Waals surface area contributed by atoms with Crippen LogP contribution in [0.5, 0.6) is 0 Å². The summed E-state index contributed by atoms with van der Waals surface area (Å²) in [4.78, 5) is 22.9. The Balaban J connectivity index is 2.31. The first kappa shape index (κ1) is 19.3. The van der Waals surface area contributed by atoms with Gasteiger partial charge in [-0.1, -0.05) is 6.07 Å². The second-order valence-electron chi connectivity index (χ2n) is 5.51. The molecule has 0 radical (unpaired) electrons. The van der Waals surface area contributed by atoms with E-state index in [2.05, 4.69) is 10.6 Å². The normalized spacial score (nSPS) is 11.2. The lowest BCUT2D eigenvalue weighted by molar-refractivity contribution is -0.384. The molecule has 0 unspecified atom stereocenters. The van der Waals surface area contributed by atoms with E-state index in [9.17, 15) is 23.3 Å². The minimum atomic E-state index is -3.64. The van der Waals surface area contributed by atoms with Crippen LogP contribution in [0.15, 0.2) is 47.4 Å². The van der Waals surface area contributed by atoms with Gasteiger partial charge in [0.2, 0.25) is 10.0 Å². The second kappa shape index (κ2) is 7.50. The highest BCUT2D eigenvalue weighted by Crippen LogP contribution is 2.26. The van der Waals surface area contributed by atoms with E-state index in [-0.39, 0.29) is 27.5 Å². The van der Waals surface area contributed by atoms with Gasteiger partial charge in [-0.15, -0.1) is 0 Å². The Kier molecular flexibility index (Phi) is 5.58. The van der Waals surface area contributed by atoms with Crippen LogP contribution >= 0.6 is 0 Å². The van der Waals surface area contributed by atoms with Crippen LogP contribution in [0.2, 0.25) is 0 Å². The number of benzene rings is 2. The maximum Gasteiger partial charge on any atom is 0.293 e. The molecule has 2 N–H and O–H groups in total. The van der Waals surface area contributed by atoms with Crippen molar-refractivity contribution in [3.05, 3.63) is 58.1 Å². The molecule has 0 aliphatic carbocycles. The zero-order valence-corrected chi connectivity index (χ0v) is 15.2. The summed E-state index contributed by atoms with van der Waals surface area (Å²) in [6.07, 6.45) is 0. The molecule has 9 nitrogen and oxygen atoms in total. The molecule has 2 aromatic rings. The van der Waals surface area contributed by atoms with Crippen LogP contribution in [0, 0.1) is 10.1 Å². The quantitative estimate of drug-likeness (QED) is 0.587. The molecule has 0 spiro atoms. The minimum absolute atomic E-state index is 0.0248. The number of anilines is 2. The number of carbonyl (C=O) groups excluding carboxylic acids is 1. The third kappa shape index (κ3) is 3.98. The Labute approximate surface area is 150 Å². The molecule has 10 heteroatoms. The molecule has 0 aromatic heterocycles. The van der Waals surface area contributed by atoms with Crippen LogP contribution in [0.3, 0.4) is 0 Å². The average molecular weight is 378 g/mol. The highest BCUT2D eigenvalue weighted by atomic mass is 32.2. The van der Waals surface area contributed by atoms with E-state index in [0.717, 1.165) is 10.4 Å². The second-order valence-corrected chi connectivity index (χ2v) is 7.66. The molecule has 0 atom stereocenters. The lowest BCUT2D eigenvalue weighted by Gasteiger charge is -2.13. The van der Waals surface area contributed by atoms with Crippen molar-refractivity contribution in [2.75, 3.05) is 31.8 Å². The Morgan fingerprint density at radius 3 is 2.42 bits per heavy atom. The van der Waals surface area contributed by atoms with Crippen molar-refractivity contribution in [1.29, 1.82) is 0 Å². The van der Waals surface area contributed by atoms with E-state index >= 15 is 0 Å². The van der Waals surface area contributed by atoms with Crippen molar-refractivity contribution < 1.29 is 18.1 Å². The van der Waals surface area contributed by atoms with Crippen molar-refractivity contribution in [3.63, 3.8) is 0 Å². The summed E-state index contributed by atoms with van der Waals surface area (Å²) in [6.45, 7) is 0. The topological polar surface area (TPSA) is 122 Å². The molecule has 26 heavy (non-hydrogen) atoms. The number of sulfonamides is 1. The van der Waals surface area contributed by atoms with Crippen LogP contribution in [0.1, 0.15) is 10.4 Å². The lowest BCUT2D eigenvalue weighted by Crippen LogP contribution is -2.22. The Morgan fingerprint density at radius 2 is 1.85 bits per heavy atom. The van der Waals surface area contributed by atoms with Gasteiger partial charge in [0.05, 0.1) is 9.82 Å². The van der Waals surface area contributed by atoms with Crippen LogP contribution < -0.4 is 10.6 Å². The summed E-state index contributed by atoms with van der Waals surface area (Å²) < 4.78 is 25.4. The summed E-state index contributed by atoms with van der Waals surface area (Å²) in [5.74, 6) is -0.588. The first-order chi connectivity index (χ1) is 12.2. The van der Waals surface area contributed by atoms with Crippen LogP contribution in [0.4, 0.5) is 17.1 Å². The van der Waals surface area contributed by atoms with E-state index in [1.165, 1.54) is 50.5 Å². The zero-order chi connectivity index (χ0) is 19.5. The summed E-state index contributed by atoms with van der Waals surface area (Å²) >= 11 is 0. The first-order valence-electron chi connectivity index (χ1n) is 7.47. The molecule has 2 rings (SSSR count). The average Bonchev–Trinajstić information content (AvgIpc) is 2.61. The molecular formula is C16H18N4O5S. The third-order valence-corrected chi connectivity index (χ3v) is 5.41. The molecule has 2 aromatic carbocycles. The first-order valence-corrected chi connectivity index (χ1v) is 8.91. The predicted molar refractivity (Wildman–Crippen MR) is 97.9 cm³/mol. The van der Waals surface area contributed by atoms with Gasteiger partial charge in [0, 0.05) is 38.5 Å². The van der Waals surface area contributed by atoms with Crippen molar-refractivity contribution >= 4 is 33.0 Å². The number of hydrogen-bond donors (Lipinski definition) is 2. The number of nitro benzene ring substituents is 1. The molecule has 0 heterocycles. The Bertz CT molecular complexity index is 957. The smallest absolute Gasteiger partial charge is 0.293 e. The van der Waals surface area contributed by atoms with Gasteiger partial charge in [-0.25, -0.2) is 12.7 Å². The maximum atomic E-state index is 12.4. The van der Waals surface area contributed by atoms with Gasteiger partial charge < -0.3 is 10.6 Å². The summed E-state index contributed by atoms with van der Waals surface area (Å²) in [7, 11) is 0.710. The highest BCUT2D eigenvalue weighted by molar-refractivity contribution is 7.89. The summed E-state index contributed by atoms with van der Waals surface area (Å²) in [5.41, 5.74) is 0.393. The maximum absolute atomic E-state index is 12.4. The van der Waals surface area contributed by atoms with Crippen molar-refractivity contribution in [1.82, 2.24) is 4.31 Å². The summed E-state index contributed by atoms with van der Waals surface area (Å²) in [5, 5.41) is 16.3. The molecule has 0 bridgehead atoms. The zero-order valence-electron chi connectivity index (χ0n) is 14.4. The molecular weight excluding hydrogens is 360 g/mol. The van der Waals surface area contributed by atoms with Crippen molar-refractivity contribution in [3.8, 4) is 0 Å². The van der Waals surface area contributed by atoms with Gasteiger partial charge in [0.15, 0.2) is 0 Å². The number of hydrogen-bond acceptors (Lipinski definition) is 6. The van der Waals surface area contributed by atoms with Gasteiger partial charge in [-0.3, -0.25) is 14.9 Å². The number of nitrogens with one attached hydrogen (secondary N) is 2. The number of nitrogens with zero attached hydrogens (tertiary/aromatic N) is 2. The number of nitro groups is 1. The van der Waals surface area contributed by atoms with Crippen LogP contribution in [-0.4, -0.2) is 44.7 Å². The van der Waals surface area contributed by atoms with Crippen LogP contribution in [0.25, 0.3) is 0 Å². The fourth-order valence-electron chi connectivity index (χ4n) is 2.18.